The van der Waals surface area contributed by atoms with Crippen molar-refractivity contribution in [3.05, 3.63) is 30.1 Å². The zero-order valence-electron chi connectivity index (χ0n) is 10.9. The summed E-state index contributed by atoms with van der Waals surface area (Å²) in [5, 5.41) is 3.59. The van der Waals surface area contributed by atoms with Crippen LogP contribution in [0.15, 0.2) is 24.5 Å². The van der Waals surface area contributed by atoms with Gasteiger partial charge in [0.25, 0.3) is 0 Å². The van der Waals surface area contributed by atoms with Crippen molar-refractivity contribution in [1.29, 1.82) is 0 Å². The number of likely N-dealkylation sites (tertiary alicyclic amines) is 1. The number of nitrogens with one attached hydrogen (secondary N) is 1. The van der Waals surface area contributed by atoms with Crippen LogP contribution in [0.4, 0.5) is 0 Å². The van der Waals surface area contributed by atoms with Gasteiger partial charge in [0.1, 0.15) is 0 Å². The Morgan fingerprint density at radius 1 is 1.35 bits per heavy atom. The summed E-state index contributed by atoms with van der Waals surface area (Å²) < 4.78 is 0. The van der Waals surface area contributed by atoms with Crippen LogP contribution in [0.2, 0.25) is 0 Å². The van der Waals surface area contributed by atoms with Gasteiger partial charge in [-0.2, -0.15) is 0 Å². The standard InChI is InChI=1S/C14H23N3/c1-12(17-8-3-4-9-17)10-16-13(2)14-6-5-7-15-11-14/h5-7,11-13,16H,3-4,8-10H2,1-2H3. The van der Waals surface area contributed by atoms with E-state index in [1.54, 1.807) is 0 Å². The molecule has 3 heteroatoms. The lowest BCUT2D eigenvalue weighted by Crippen LogP contribution is -2.39. The maximum Gasteiger partial charge on any atom is 0.0315 e. The second kappa shape index (κ2) is 6.12. The van der Waals surface area contributed by atoms with Crippen LogP contribution >= 0.6 is 0 Å². The highest BCUT2D eigenvalue weighted by molar-refractivity contribution is 5.12. The van der Waals surface area contributed by atoms with E-state index < -0.39 is 0 Å². The predicted octanol–water partition coefficient (Wildman–Crippen LogP) is 2.22. The average Bonchev–Trinajstić information content (AvgIpc) is 2.90. The fourth-order valence-electron chi connectivity index (χ4n) is 2.41. The Bertz CT molecular complexity index is 319. The first-order valence-corrected chi connectivity index (χ1v) is 6.64. The highest BCUT2D eigenvalue weighted by Crippen LogP contribution is 2.13. The minimum atomic E-state index is 0.383. The smallest absolute Gasteiger partial charge is 0.0315 e. The summed E-state index contributed by atoms with van der Waals surface area (Å²) in [6.45, 7) is 8.10. The summed E-state index contributed by atoms with van der Waals surface area (Å²) in [4.78, 5) is 6.73. The second-order valence-electron chi connectivity index (χ2n) is 5.01. The highest BCUT2D eigenvalue weighted by Gasteiger charge is 2.18. The van der Waals surface area contributed by atoms with E-state index in [4.69, 9.17) is 0 Å². The van der Waals surface area contributed by atoms with E-state index in [1.807, 2.05) is 18.5 Å². The molecule has 94 valence electrons. The first-order valence-electron chi connectivity index (χ1n) is 6.64. The van der Waals surface area contributed by atoms with Crippen molar-refractivity contribution >= 4 is 0 Å². The SMILES string of the molecule is CC(NCC(C)N1CCCC1)c1cccnc1. The van der Waals surface area contributed by atoms with E-state index in [2.05, 4.69) is 35.1 Å². The number of hydrogen-bond acceptors (Lipinski definition) is 3. The van der Waals surface area contributed by atoms with E-state index >= 15 is 0 Å². The normalized spacial score (nSPS) is 20.4. The largest absolute Gasteiger partial charge is 0.309 e. The predicted molar refractivity (Wildman–Crippen MR) is 70.9 cm³/mol. The van der Waals surface area contributed by atoms with Crippen molar-refractivity contribution in [2.75, 3.05) is 19.6 Å². The minimum Gasteiger partial charge on any atom is -0.309 e. The summed E-state index contributed by atoms with van der Waals surface area (Å²) in [6.07, 6.45) is 6.49. The summed E-state index contributed by atoms with van der Waals surface area (Å²) >= 11 is 0. The van der Waals surface area contributed by atoms with Crippen molar-refractivity contribution in [3.63, 3.8) is 0 Å². The average molecular weight is 233 g/mol. The monoisotopic (exact) mass is 233 g/mol. The van der Waals surface area contributed by atoms with Crippen LogP contribution in [-0.2, 0) is 0 Å². The third-order valence-corrected chi connectivity index (χ3v) is 3.67. The van der Waals surface area contributed by atoms with Crippen LogP contribution < -0.4 is 5.32 Å². The molecule has 1 aromatic rings. The molecule has 0 aliphatic carbocycles. The lowest BCUT2D eigenvalue weighted by molar-refractivity contribution is 0.247. The van der Waals surface area contributed by atoms with Crippen molar-refractivity contribution in [2.24, 2.45) is 0 Å². The van der Waals surface area contributed by atoms with Crippen molar-refractivity contribution in [3.8, 4) is 0 Å². The third kappa shape index (κ3) is 3.51. The topological polar surface area (TPSA) is 28.2 Å². The number of hydrogen-bond donors (Lipinski definition) is 1. The summed E-state index contributed by atoms with van der Waals surface area (Å²) in [7, 11) is 0. The fourth-order valence-corrected chi connectivity index (χ4v) is 2.41. The zero-order chi connectivity index (χ0) is 12.1. The van der Waals surface area contributed by atoms with Crippen molar-refractivity contribution < 1.29 is 0 Å². The fraction of sp³-hybridized carbons (Fsp3) is 0.643. The molecule has 0 amide bonds. The molecule has 1 fully saturated rings. The van der Waals surface area contributed by atoms with Gasteiger partial charge in [0.15, 0.2) is 0 Å². The molecule has 2 rings (SSSR count). The Hall–Kier alpha value is -0.930. The van der Waals surface area contributed by atoms with Gasteiger partial charge in [0, 0.05) is 31.0 Å². The van der Waals surface area contributed by atoms with Gasteiger partial charge < -0.3 is 5.32 Å². The molecular weight excluding hydrogens is 210 g/mol. The van der Waals surface area contributed by atoms with Crippen molar-refractivity contribution in [1.82, 2.24) is 15.2 Å². The van der Waals surface area contributed by atoms with Gasteiger partial charge >= 0.3 is 0 Å². The van der Waals surface area contributed by atoms with Gasteiger partial charge in [-0.3, -0.25) is 9.88 Å². The Labute approximate surface area is 104 Å². The molecule has 1 aliphatic rings. The van der Waals surface area contributed by atoms with E-state index in [1.165, 1.54) is 31.5 Å². The highest BCUT2D eigenvalue weighted by atomic mass is 15.2. The Morgan fingerprint density at radius 3 is 2.76 bits per heavy atom. The lowest BCUT2D eigenvalue weighted by Gasteiger charge is -2.25. The molecule has 1 aliphatic heterocycles. The Balaban J connectivity index is 1.77. The molecule has 0 radical (unpaired) electrons. The van der Waals surface area contributed by atoms with E-state index in [0.717, 1.165) is 6.54 Å². The molecule has 3 nitrogen and oxygen atoms in total. The first-order chi connectivity index (χ1) is 8.27. The molecule has 1 N–H and O–H groups in total. The minimum absolute atomic E-state index is 0.383. The molecule has 0 aromatic carbocycles. The molecule has 17 heavy (non-hydrogen) atoms. The van der Waals surface area contributed by atoms with Crippen LogP contribution in [0.3, 0.4) is 0 Å². The maximum atomic E-state index is 4.16. The summed E-state index contributed by atoms with van der Waals surface area (Å²) in [5.74, 6) is 0. The van der Waals surface area contributed by atoms with Crippen LogP contribution in [0.25, 0.3) is 0 Å². The maximum absolute atomic E-state index is 4.16. The van der Waals surface area contributed by atoms with E-state index in [-0.39, 0.29) is 0 Å². The molecule has 2 unspecified atom stereocenters. The Morgan fingerprint density at radius 2 is 2.12 bits per heavy atom. The van der Waals surface area contributed by atoms with Crippen LogP contribution in [-0.4, -0.2) is 35.6 Å². The zero-order valence-corrected chi connectivity index (χ0v) is 10.9. The molecule has 1 saturated heterocycles. The third-order valence-electron chi connectivity index (χ3n) is 3.67. The van der Waals surface area contributed by atoms with Gasteiger partial charge in [-0.15, -0.1) is 0 Å². The number of pyridine rings is 1. The Kier molecular flexibility index (Phi) is 4.51. The quantitative estimate of drug-likeness (QED) is 0.845. The number of rotatable bonds is 5. The molecule has 2 heterocycles. The van der Waals surface area contributed by atoms with Crippen molar-refractivity contribution in [2.45, 2.75) is 38.8 Å². The van der Waals surface area contributed by atoms with Crippen LogP contribution in [0.1, 0.15) is 38.3 Å². The molecular formula is C14H23N3. The van der Waals surface area contributed by atoms with Gasteiger partial charge in [-0.25, -0.2) is 0 Å². The molecule has 0 spiro atoms. The summed E-state index contributed by atoms with van der Waals surface area (Å²) in [6, 6.07) is 5.15. The number of aromatic nitrogens is 1. The van der Waals surface area contributed by atoms with Gasteiger partial charge in [0.2, 0.25) is 0 Å². The van der Waals surface area contributed by atoms with Gasteiger partial charge in [0.05, 0.1) is 0 Å². The van der Waals surface area contributed by atoms with Gasteiger partial charge in [-0.1, -0.05) is 6.07 Å². The molecule has 1 aromatic heterocycles. The first kappa shape index (κ1) is 12.5. The molecule has 2 atom stereocenters. The molecule has 0 saturated carbocycles. The lowest BCUT2D eigenvalue weighted by atomic mass is 10.1. The van der Waals surface area contributed by atoms with Crippen LogP contribution in [0, 0.1) is 0 Å². The van der Waals surface area contributed by atoms with E-state index in [9.17, 15) is 0 Å². The summed E-state index contributed by atoms with van der Waals surface area (Å²) in [5.41, 5.74) is 1.26. The van der Waals surface area contributed by atoms with E-state index in [0.29, 0.717) is 12.1 Å². The number of nitrogens with zero attached hydrogens (tertiary/aromatic N) is 2. The second-order valence-corrected chi connectivity index (χ2v) is 5.01. The molecule has 0 bridgehead atoms. The van der Waals surface area contributed by atoms with Gasteiger partial charge in [-0.05, 0) is 51.4 Å². The van der Waals surface area contributed by atoms with Crippen LogP contribution in [0.5, 0.6) is 0 Å².